The van der Waals surface area contributed by atoms with Gasteiger partial charge < -0.3 is 9.47 Å². The number of ether oxygens (including phenoxy) is 2. The van der Waals surface area contributed by atoms with E-state index < -0.39 is 5.91 Å². The highest BCUT2D eigenvalue weighted by Crippen LogP contribution is 2.33. The standard InChI is InChI=1S/C31H31N3O5S2/c1-38-25-15-11-22(12-16-25)20-27-30(37)34(31(40)41-27)19-7-3-6-10-28(35)32-33-29(36)24-13-17-26(18-14-24)39-21-23-8-4-2-5-9-23/h2,4-5,8-9,11-18,20H,3,6-7,10,19,21H2,1H3,(H,32,35)(H,33,36)/b27-20-. The lowest BCUT2D eigenvalue weighted by molar-refractivity contribution is -0.123. The Morgan fingerprint density at radius 1 is 0.902 bits per heavy atom. The summed E-state index contributed by atoms with van der Waals surface area (Å²) in [7, 11) is 1.61. The summed E-state index contributed by atoms with van der Waals surface area (Å²) < 4.78 is 11.4. The van der Waals surface area contributed by atoms with Gasteiger partial charge in [0.15, 0.2) is 0 Å². The predicted octanol–water partition coefficient (Wildman–Crippen LogP) is 5.50. The van der Waals surface area contributed by atoms with Crippen LogP contribution in [0.15, 0.2) is 83.8 Å². The third kappa shape index (κ3) is 8.92. The van der Waals surface area contributed by atoms with Crippen molar-refractivity contribution < 1.29 is 23.9 Å². The Morgan fingerprint density at radius 3 is 2.32 bits per heavy atom. The van der Waals surface area contributed by atoms with Gasteiger partial charge in [0.05, 0.1) is 12.0 Å². The van der Waals surface area contributed by atoms with E-state index in [1.807, 2.05) is 60.7 Å². The third-order valence-corrected chi connectivity index (χ3v) is 7.63. The molecule has 0 radical (unpaired) electrons. The molecule has 0 aromatic heterocycles. The van der Waals surface area contributed by atoms with Crippen molar-refractivity contribution in [3.63, 3.8) is 0 Å². The molecule has 0 bridgehead atoms. The van der Waals surface area contributed by atoms with Crippen LogP contribution in [0.3, 0.4) is 0 Å². The second-order valence-electron chi connectivity index (χ2n) is 9.22. The Balaban J connectivity index is 1.11. The molecule has 8 nitrogen and oxygen atoms in total. The molecule has 41 heavy (non-hydrogen) atoms. The molecule has 1 aliphatic heterocycles. The fourth-order valence-electron chi connectivity index (χ4n) is 3.98. The fourth-order valence-corrected chi connectivity index (χ4v) is 5.29. The number of thiocarbonyl (C=S) groups is 1. The van der Waals surface area contributed by atoms with Crippen LogP contribution in [-0.2, 0) is 16.2 Å². The zero-order chi connectivity index (χ0) is 29.0. The van der Waals surface area contributed by atoms with E-state index in [-0.39, 0.29) is 18.2 Å². The maximum atomic E-state index is 12.8. The lowest BCUT2D eigenvalue weighted by Crippen LogP contribution is -2.41. The van der Waals surface area contributed by atoms with E-state index in [0.717, 1.165) is 23.3 Å². The average molecular weight is 590 g/mol. The van der Waals surface area contributed by atoms with E-state index in [1.165, 1.54) is 11.8 Å². The minimum atomic E-state index is -0.412. The smallest absolute Gasteiger partial charge is 0.269 e. The van der Waals surface area contributed by atoms with Crippen LogP contribution < -0.4 is 20.3 Å². The quantitative estimate of drug-likeness (QED) is 0.125. The van der Waals surface area contributed by atoms with Crippen LogP contribution in [0.1, 0.15) is 47.2 Å². The summed E-state index contributed by atoms with van der Waals surface area (Å²) in [4.78, 5) is 39.5. The van der Waals surface area contributed by atoms with E-state index >= 15 is 0 Å². The second kappa shape index (κ2) is 15.0. The molecule has 4 rings (SSSR count). The molecular formula is C31H31N3O5S2. The van der Waals surface area contributed by atoms with Crippen molar-refractivity contribution in [1.82, 2.24) is 15.8 Å². The maximum absolute atomic E-state index is 12.8. The predicted molar refractivity (Wildman–Crippen MR) is 164 cm³/mol. The highest BCUT2D eigenvalue weighted by atomic mass is 32.2. The molecular weight excluding hydrogens is 558 g/mol. The third-order valence-electron chi connectivity index (χ3n) is 6.25. The number of nitrogens with one attached hydrogen (secondary N) is 2. The average Bonchev–Trinajstić information content (AvgIpc) is 3.27. The summed E-state index contributed by atoms with van der Waals surface area (Å²) >= 11 is 6.70. The molecule has 1 heterocycles. The molecule has 3 amide bonds. The second-order valence-corrected chi connectivity index (χ2v) is 10.9. The SMILES string of the molecule is COc1ccc(/C=C2\SC(=S)N(CCCCCC(=O)NNC(=O)c3ccc(OCc4ccccc4)cc3)C2=O)cc1. The lowest BCUT2D eigenvalue weighted by Gasteiger charge is -2.14. The first kappa shape index (κ1) is 29.8. The molecule has 1 aliphatic rings. The van der Waals surface area contributed by atoms with Crippen molar-refractivity contribution in [3.05, 3.63) is 100 Å². The van der Waals surface area contributed by atoms with Gasteiger partial charge in [-0.25, -0.2) is 0 Å². The zero-order valence-corrected chi connectivity index (χ0v) is 24.3. The van der Waals surface area contributed by atoms with Crippen LogP contribution in [0.4, 0.5) is 0 Å². The number of nitrogens with zero attached hydrogens (tertiary/aromatic N) is 1. The number of benzene rings is 3. The van der Waals surface area contributed by atoms with Crippen molar-refractivity contribution in [2.75, 3.05) is 13.7 Å². The number of hydrogen-bond acceptors (Lipinski definition) is 7. The van der Waals surface area contributed by atoms with Crippen LogP contribution in [0, 0.1) is 0 Å². The van der Waals surface area contributed by atoms with E-state index in [4.69, 9.17) is 21.7 Å². The first-order valence-corrected chi connectivity index (χ1v) is 14.4. The summed E-state index contributed by atoms with van der Waals surface area (Å²) in [5.74, 6) is 0.599. The number of amides is 3. The Kier molecular flexibility index (Phi) is 10.9. The number of carbonyl (C=O) groups is 3. The van der Waals surface area contributed by atoms with Crippen molar-refractivity contribution in [2.45, 2.75) is 32.3 Å². The topological polar surface area (TPSA) is 97.0 Å². The van der Waals surface area contributed by atoms with Gasteiger partial charge in [-0.05, 0) is 66.4 Å². The van der Waals surface area contributed by atoms with Gasteiger partial charge in [0.1, 0.15) is 22.4 Å². The van der Waals surface area contributed by atoms with Crippen LogP contribution in [0.2, 0.25) is 0 Å². The van der Waals surface area contributed by atoms with E-state index in [9.17, 15) is 14.4 Å². The Labute approximate surface area is 249 Å². The zero-order valence-electron chi connectivity index (χ0n) is 22.6. The molecule has 0 unspecified atom stereocenters. The molecule has 10 heteroatoms. The van der Waals surface area contributed by atoms with Gasteiger partial charge in [0.2, 0.25) is 5.91 Å². The summed E-state index contributed by atoms with van der Waals surface area (Å²) in [6.45, 7) is 0.930. The van der Waals surface area contributed by atoms with Gasteiger partial charge >= 0.3 is 0 Å². The van der Waals surface area contributed by atoms with Gasteiger partial charge in [-0.15, -0.1) is 0 Å². The number of unbranched alkanes of at least 4 members (excludes halogenated alkanes) is 2. The van der Waals surface area contributed by atoms with Crippen molar-refractivity contribution in [3.8, 4) is 11.5 Å². The van der Waals surface area contributed by atoms with E-state index in [2.05, 4.69) is 10.9 Å². The monoisotopic (exact) mass is 589 g/mol. The number of carbonyl (C=O) groups excluding carboxylic acids is 3. The fraction of sp³-hybridized carbons (Fsp3) is 0.226. The van der Waals surface area contributed by atoms with Crippen LogP contribution in [0.5, 0.6) is 11.5 Å². The number of thioether (sulfide) groups is 1. The van der Waals surface area contributed by atoms with Crippen LogP contribution >= 0.6 is 24.0 Å². The lowest BCUT2D eigenvalue weighted by atomic mass is 10.1. The molecule has 3 aromatic rings. The van der Waals surface area contributed by atoms with Gasteiger partial charge in [-0.3, -0.25) is 30.1 Å². The minimum Gasteiger partial charge on any atom is -0.497 e. The minimum absolute atomic E-state index is 0.105. The Morgan fingerprint density at radius 2 is 1.61 bits per heavy atom. The first-order valence-electron chi connectivity index (χ1n) is 13.2. The van der Waals surface area contributed by atoms with Gasteiger partial charge in [0, 0.05) is 18.5 Å². The van der Waals surface area contributed by atoms with Crippen molar-refractivity contribution in [2.24, 2.45) is 0 Å². The first-order chi connectivity index (χ1) is 19.9. The highest BCUT2D eigenvalue weighted by molar-refractivity contribution is 8.26. The van der Waals surface area contributed by atoms with Crippen molar-refractivity contribution >= 4 is 52.1 Å². The van der Waals surface area contributed by atoms with Crippen LogP contribution in [0.25, 0.3) is 6.08 Å². The summed E-state index contributed by atoms with van der Waals surface area (Å²) in [5, 5.41) is 0. The molecule has 1 saturated heterocycles. The molecule has 0 saturated carbocycles. The number of rotatable bonds is 12. The van der Waals surface area contributed by atoms with E-state index in [0.29, 0.717) is 46.5 Å². The highest BCUT2D eigenvalue weighted by Gasteiger charge is 2.31. The Hall–Kier alpha value is -4.15. The molecule has 2 N–H and O–H groups in total. The molecule has 0 spiro atoms. The van der Waals surface area contributed by atoms with Gasteiger partial charge in [-0.2, -0.15) is 0 Å². The maximum Gasteiger partial charge on any atom is 0.269 e. The summed E-state index contributed by atoms with van der Waals surface area (Å²) in [5.41, 5.74) is 7.24. The summed E-state index contributed by atoms with van der Waals surface area (Å²) in [6.07, 6.45) is 4.14. The molecule has 0 atom stereocenters. The molecule has 212 valence electrons. The number of hydrogen-bond donors (Lipinski definition) is 2. The van der Waals surface area contributed by atoms with Crippen molar-refractivity contribution in [1.29, 1.82) is 0 Å². The molecule has 1 fully saturated rings. The normalized spacial score (nSPS) is 13.8. The van der Waals surface area contributed by atoms with E-state index in [1.54, 1.807) is 36.3 Å². The van der Waals surface area contributed by atoms with Crippen LogP contribution in [-0.4, -0.2) is 40.6 Å². The Bertz CT molecular complexity index is 1390. The largest absolute Gasteiger partial charge is 0.497 e. The molecule has 0 aliphatic carbocycles. The molecule has 3 aromatic carbocycles. The number of methoxy groups -OCH3 is 1. The van der Waals surface area contributed by atoms with Gasteiger partial charge in [0.25, 0.3) is 11.8 Å². The van der Waals surface area contributed by atoms with Gasteiger partial charge in [-0.1, -0.05) is 72.9 Å². The summed E-state index contributed by atoms with van der Waals surface area (Å²) in [6, 6.07) is 24.0. The number of hydrazine groups is 1.